The summed E-state index contributed by atoms with van der Waals surface area (Å²) in [6, 6.07) is 20.9. The van der Waals surface area contributed by atoms with Gasteiger partial charge in [0.15, 0.2) is 11.0 Å². The van der Waals surface area contributed by atoms with Gasteiger partial charge in [-0.3, -0.25) is 24.3 Å². The van der Waals surface area contributed by atoms with Crippen LogP contribution in [-0.2, 0) is 4.79 Å². The molecule has 2 amide bonds. The molecule has 0 spiro atoms. The van der Waals surface area contributed by atoms with Crippen LogP contribution in [0.15, 0.2) is 78.0 Å². The van der Waals surface area contributed by atoms with Crippen molar-refractivity contribution in [3.63, 3.8) is 0 Å². The fourth-order valence-electron chi connectivity index (χ4n) is 4.78. The molecule has 0 saturated carbocycles. The SMILES string of the molecule is COc1cccc(-c2nnc(SCC(=O)N3CCN(C(=O)c4ccc(Cl)c([N+](=O)[O-])c4)C(C)C3)n2-c2ccccc2)c1. The van der Waals surface area contributed by atoms with Crippen LogP contribution in [-0.4, -0.2) is 79.8 Å². The third-order valence-electron chi connectivity index (χ3n) is 6.93. The number of hydrogen-bond acceptors (Lipinski definition) is 8. The molecule has 1 aliphatic rings. The van der Waals surface area contributed by atoms with Crippen molar-refractivity contribution < 1.29 is 19.2 Å². The zero-order valence-electron chi connectivity index (χ0n) is 22.8. The number of para-hydroxylation sites is 1. The van der Waals surface area contributed by atoms with E-state index in [0.29, 0.717) is 36.4 Å². The van der Waals surface area contributed by atoms with Crippen LogP contribution in [0.3, 0.4) is 0 Å². The smallest absolute Gasteiger partial charge is 0.288 e. The molecule has 1 fully saturated rings. The highest BCUT2D eigenvalue weighted by molar-refractivity contribution is 7.99. The van der Waals surface area contributed by atoms with Crippen LogP contribution >= 0.6 is 23.4 Å². The van der Waals surface area contributed by atoms with Crippen LogP contribution < -0.4 is 4.74 Å². The van der Waals surface area contributed by atoms with Crippen molar-refractivity contribution in [2.45, 2.75) is 18.1 Å². The maximum Gasteiger partial charge on any atom is 0.288 e. The minimum Gasteiger partial charge on any atom is -0.497 e. The number of carbonyl (C=O) groups is 2. The average Bonchev–Trinajstić information content (AvgIpc) is 3.44. The number of aromatic nitrogens is 3. The van der Waals surface area contributed by atoms with E-state index >= 15 is 0 Å². The summed E-state index contributed by atoms with van der Waals surface area (Å²) < 4.78 is 7.29. The van der Waals surface area contributed by atoms with E-state index in [9.17, 15) is 19.7 Å². The minimum atomic E-state index is -0.616. The Morgan fingerprint density at radius 3 is 2.57 bits per heavy atom. The molecule has 42 heavy (non-hydrogen) atoms. The van der Waals surface area contributed by atoms with Gasteiger partial charge in [0.05, 0.1) is 17.8 Å². The molecule has 11 nitrogen and oxygen atoms in total. The van der Waals surface area contributed by atoms with Gasteiger partial charge in [-0.15, -0.1) is 10.2 Å². The number of methoxy groups -OCH3 is 1. The Bertz CT molecular complexity index is 1630. The molecular weight excluding hydrogens is 580 g/mol. The molecule has 13 heteroatoms. The molecule has 0 bridgehead atoms. The van der Waals surface area contributed by atoms with Crippen molar-refractivity contribution in [3.05, 3.63) is 93.5 Å². The Hall–Kier alpha value is -4.42. The number of amides is 2. The van der Waals surface area contributed by atoms with Gasteiger partial charge >= 0.3 is 0 Å². The summed E-state index contributed by atoms with van der Waals surface area (Å²) in [6.07, 6.45) is 0. The predicted octanol–water partition coefficient (Wildman–Crippen LogP) is 4.97. The van der Waals surface area contributed by atoms with E-state index in [-0.39, 0.29) is 39.9 Å². The normalized spacial score (nSPS) is 15.0. The highest BCUT2D eigenvalue weighted by atomic mass is 35.5. The maximum absolute atomic E-state index is 13.3. The van der Waals surface area contributed by atoms with Crippen molar-refractivity contribution in [3.8, 4) is 22.8 Å². The van der Waals surface area contributed by atoms with Gasteiger partial charge in [-0.1, -0.05) is 53.7 Å². The number of carbonyl (C=O) groups excluding carboxylic acids is 2. The summed E-state index contributed by atoms with van der Waals surface area (Å²) in [4.78, 5) is 40.4. The summed E-state index contributed by atoms with van der Waals surface area (Å²) in [7, 11) is 1.61. The molecule has 1 unspecified atom stereocenters. The summed E-state index contributed by atoms with van der Waals surface area (Å²) >= 11 is 7.19. The number of nitrogens with zero attached hydrogens (tertiary/aromatic N) is 6. The standard InChI is InChI=1S/C29H27ClN6O5S/c1-19-17-33(13-14-34(19)28(38)21-11-12-24(30)25(16-21)36(39)40)26(37)18-42-29-32-31-27(20-7-6-10-23(15-20)41-2)35(29)22-8-4-3-5-9-22/h3-12,15-16,19H,13-14,17-18H2,1-2H3. The number of piperazine rings is 1. The van der Waals surface area contributed by atoms with Gasteiger partial charge in [0.2, 0.25) is 5.91 Å². The first-order valence-electron chi connectivity index (χ1n) is 13.1. The van der Waals surface area contributed by atoms with Gasteiger partial charge < -0.3 is 14.5 Å². The van der Waals surface area contributed by atoms with Gasteiger partial charge in [0.1, 0.15) is 10.8 Å². The zero-order valence-corrected chi connectivity index (χ0v) is 24.4. The molecule has 1 aliphatic heterocycles. The van der Waals surface area contributed by atoms with Crippen LogP contribution in [0.25, 0.3) is 17.1 Å². The Balaban J connectivity index is 1.28. The third-order valence-corrected chi connectivity index (χ3v) is 8.16. The maximum atomic E-state index is 13.3. The molecule has 1 aromatic heterocycles. The van der Waals surface area contributed by atoms with Crippen molar-refractivity contribution in [2.24, 2.45) is 0 Å². The lowest BCUT2D eigenvalue weighted by molar-refractivity contribution is -0.384. The molecule has 1 saturated heterocycles. The summed E-state index contributed by atoms with van der Waals surface area (Å²) in [6.45, 7) is 2.82. The second kappa shape index (κ2) is 12.6. The van der Waals surface area contributed by atoms with E-state index in [4.69, 9.17) is 16.3 Å². The quantitative estimate of drug-likeness (QED) is 0.156. The lowest BCUT2D eigenvalue weighted by Gasteiger charge is -2.40. The minimum absolute atomic E-state index is 0.0313. The lowest BCUT2D eigenvalue weighted by atomic mass is 10.1. The van der Waals surface area contributed by atoms with E-state index in [0.717, 1.165) is 11.3 Å². The predicted molar refractivity (Wildman–Crippen MR) is 159 cm³/mol. The van der Waals surface area contributed by atoms with E-state index in [1.807, 2.05) is 66.1 Å². The number of nitro groups is 1. The second-order valence-electron chi connectivity index (χ2n) is 9.61. The summed E-state index contributed by atoms with van der Waals surface area (Å²) in [5.41, 5.74) is 1.54. The Kier molecular flexibility index (Phi) is 8.74. The zero-order chi connectivity index (χ0) is 29.8. The molecule has 2 heterocycles. The fraction of sp³-hybridized carbons (Fsp3) is 0.241. The highest BCUT2D eigenvalue weighted by Crippen LogP contribution is 2.30. The summed E-state index contributed by atoms with van der Waals surface area (Å²) in [5.74, 6) is 1.02. The van der Waals surface area contributed by atoms with Crippen molar-refractivity contribution in [1.29, 1.82) is 0 Å². The van der Waals surface area contributed by atoms with E-state index in [1.54, 1.807) is 16.9 Å². The van der Waals surface area contributed by atoms with Crippen LogP contribution in [0.2, 0.25) is 5.02 Å². The Labute approximate surface area is 251 Å². The van der Waals surface area contributed by atoms with Crippen LogP contribution in [0.5, 0.6) is 5.75 Å². The molecule has 0 radical (unpaired) electrons. The van der Waals surface area contributed by atoms with Gasteiger partial charge in [0, 0.05) is 48.6 Å². The van der Waals surface area contributed by atoms with Crippen LogP contribution in [0.4, 0.5) is 5.69 Å². The molecule has 0 N–H and O–H groups in total. The average molecular weight is 607 g/mol. The molecule has 216 valence electrons. The second-order valence-corrected chi connectivity index (χ2v) is 11.0. The number of benzene rings is 3. The first-order valence-corrected chi connectivity index (χ1v) is 14.4. The number of nitro benzene ring substituents is 1. The molecule has 4 aromatic rings. The molecule has 5 rings (SSSR count). The van der Waals surface area contributed by atoms with Crippen LogP contribution in [0, 0.1) is 10.1 Å². The van der Waals surface area contributed by atoms with E-state index in [2.05, 4.69) is 10.2 Å². The van der Waals surface area contributed by atoms with Crippen molar-refractivity contribution >= 4 is 40.9 Å². The van der Waals surface area contributed by atoms with Crippen molar-refractivity contribution in [2.75, 3.05) is 32.5 Å². The highest BCUT2D eigenvalue weighted by Gasteiger charge is 2.31. The van der Waals surface area contributed by atoms with Crippen LogP contribution in [0.1, 0.15) is 17.3 Å². The number of ether oxygens (including phenoxy) is 1. The number of hydrogen-bond donors (Lipinski definition) is 0. The monoisotopic (exact) mass is 606 g/mol. The van der Waals surface area contributed by atoms with Gasteiger partial charge in [-0.05, 0) is 43.3 Å². The topological polar surface area (TPSA) is 124 Å². The number of halogens is 1. The third kappa shape index (κ3) is 6.09. The van der Waals surface area contributed by atoms with E-state index in [1.165, 1.54) is 30.0 Å². The lowest BCUT2D eigenvalue weighted by Crippen LogP contribution is -2.55. The molecule has 0 aliphatic carbocycles. The Morgan fingerprint density at radius 2 is 1.86 bits per heavy atom. The summed E-state index contributed by atoms with van der Waals surface area (Å²) in [5, 5.41) is 20.6. The largest absolute Gasteiger partial charge is 0.497 e. The molecule has 1 atom stereocenters. The van der Waals surface area contributed by atoms with Gasteiger partial charge in [-0.25, -0.2) is 0 Å². The molecule has 3 aromatic carbocycles. The van der Waals surface area contributed by atoms with Crippen molar-refractivity contribution in [1.82, 2.24) is 24.6 Å². The van der Waals surface area contributed by atoms with E-state index < -0.39 is 4.92 Å². The molecular formula is C29H27ClN6O5S. The van der Waals surface area contributed by atoms with Gasteiger partial charge in [0.25, 0.3) is 11.6 Å². The number of rotatable bonds is 8. The first-order chi connectivity index (χ1) is 20.3. The van der Waals surface area contributed by atoms with Gasteiger partial charge in [-0.2, -0.15) is 0 Å². The fourth-order valence-corrected chi connectivity index (χ4v) is 5.82. The number of thioether (sulfide) groups is 1. The first kappa shape index (κ1) is 29.1. The Morgan fingerprint density at radius 1 is 1.07 bits per heavy atom.